The minimum atomic E-state index is 0.540. The van der Waals surface area contributed by atoms with Gasteiger partial charge in [-0.1, -0.05) is 30.9 Å². The Kier molecular flexibility index (Phi) is 3.95. The van der Waals surface area contributed by atoms with E-state index < -0.39 is 0 Å². The van der Waals surface area contributed by atoms with Crippen molar-refractivity contribution >= 4 is 5.69 Å². The van der Waals surface area contributed by atoms with Crippen LogP contribution in [0.4, 0.5) is 5.69 Å². The molecule has 0 fully saturated rings. The third-order valence-corrected chi connectivity index (χ3v) is 2.00. The van der Waals surface area contributed by atoms with E-state index in [1.165, 1.54) is 0 Å². The molecule has 0 aliphatic rings. The van der Waals surface area contributed by atoms with Gasteiger partial charge in [0.25, 0.3) is 0 Å². The Bertz CT molecular complexity index is 329. The van der Waals surface area contributed by atoms with Crippen molar-refractivity contribution in [1.29, 1.82) is 0 Å². The van der Waals surface area contributed by atoms with Gasteiger partial charge in [-0.25, -0.2) is 0 Å². The Balaban J connectivity index is 3.08. The molecule has 1 aromatic rings. The lowest BCUT2D eigenvalue weighted by Crippen LogP contribution is -2.10. The zero-order valence-corrected chi connectivity index (χ0v) is 8.48. The van der Waals surface area contributed by atoms with E-state index in [0.717, 1.165) is 11.3 Å². The van der Waals surface area contributed by atoms with Gasteiger partial charge in [-0.05, 0) is 18.6 Å². The number of benzene rings is 1. The first-order valence-corrected chi connectivity index (χ1v) is 4.65. The SMILES string of the molecule is C=CN(/C=C\C)c1ccccc1CN. The molecule has 0 radical (unpaired) electrons. The van der Waals surface area contributed by atoms with Gasteiger partial charge in [-0.2, -0.15) is 0 Å². The lowest BCUT2D eigenvalue weighted by molar-refractivity contribution is 1.05. The molecule has 0 amide bonds. The molecule has 0 heterocycles. The molecule has 2 N–H and O–H groups in total. The number of nitrogens with zero attached hydrogens (tertiary/aromatic N) is 1. The second kappa shape index (κ2) is 5.25. The lowest BCUT2D eigenvalue weighted by Gasteiger charge is -2.18. The molecule has 0 aliphatic carbocycles. The highest BCUT2D eigenvalue weighted by Crippen LogP contribution is 2.20. The van der Waals surface area contributed by atoms with Gasteiger partial charge >= 0.3 is 0 Å². The van der Waals surface area contributed by atoms with Gasteiger partial charge < -0.3 is 10.6 Å². The largest absolute Gasteiger partial charge is 0.326 e. The van der Waals surface area contributed by atoms with E-state index >= 15 is 0 Å². The number of nitrogens with two attached hydrogens (primary N) is 1. The van der Waals surface area contributed by atoms with E-state index in [4.69, 9.17) is 5.73 Å². The molecule has 0 atom stereocenters. The summed E-state index contributed by atoms with van der Waals surface area (Å²) in [6.07, 6.45) is 5.70. The number of para-hydroxylation sites is 1. The highest BCUT2D eigenvalue weighted by atomic mass is 15.1. The van der Waals surface area contributed by atoms with Crippen LogP contribution in [-0.2, 0) is 6.54 Å². The van der Waals surface area contributed by atoms with Crippen molar-refractivity contribution in [2.24, 2.45) is 5.73 Å². The molecule has 2 nitrogen and oxygen atoms in total. The predicted octanol–water partition coefficient (Wildman–Crippen LogP) is 2.63. The molecular formula is C12H16N2. The van der Waals surface area contributed by atoms with Gasteiger partial charge in [0.1, 0.15) is 0 Å². The third-order valence-electron chi connectivity index (χ3n) is 2.00. The molecule has 0 saturated heterocycles. The summed E-state index contributed by atoms with van der Waals surface area (Å²) in [5.41, 5.74) is 7.86. The van der Waals surface area contributed by atoms with E-state index in [-0.39, 0.29) is 0 Å². The minimum Gasteiger partial charge on any atom is -0.326 e. The van der Waals surface area contributed by atoms with Crippen LogP contribution in [0.25, 0.3) is 0 Å². The van der Waals surface area contributed by atoms with E-state index in [1.54, 1.807) is 6.20 Å². The van der Waals surface area contributed by atoms with Crippen LogP contribution in [-0.4, -0.2) is 0 Å². The van der Waals surface area contributed by atoms with Gasteiger partial charge in [-0.15, -0.1) is 0 Å². The second-order valence-corrected chi connectivity index (χ2v) is 2.91. The quantitative estimate of drug-likeness (QED) is 0.787. The Morgan fingerprint density at radius 3 is 2.71 bits per heavy atom. The molecular weight excluding hydrogens is 172 g/mol. The van der Waals surface area contributed by atoms with E-state index in [0.29, 0.717) is 6.54 Å². The van der Waals surface area contributed by atoms with Crippen LogP contribution in [0.15, 0.2) is 49.3 Å². The Morgan fingerprint density at radius 1 is 1.43 bits per heavy atom. The van der Waals surface area contributed by atoms with Crippen LogP contribution in [0.3, 0.4) is 0 Å². The fourth-order valence-corrected chi connectivity index (χ4v) is 1.34. The Hall–Kier alpha value is -1.54. The first-order chi connectivity index (χ1) is 6.83. The first kappa shape index (κ1) is 10.5. The lowest BCUT2D eigenvalue weighted by atomic mass is 10.1. The molecule has 1 rings (SSSR count). The summed E-state index contributed by atoms with van der Waals surface area (Å²) in [6.45, 7) is 6.28. The smallest absolute Gasteiger partial charge is 0.0493 e. The molecule has 0 spiro atoms. The minimum absolute atomic E-state index is 0.540. The van der Waals surface area contributed by atoms with Gasteiger partial charge in [0.05, 0.1) is 0 Å². The standard InChI is InChI=1S/C12H16N2/c1-3-9-14(4-2)12-8-6-5-7-11(12)10-13/h3-9H,2,10,13H2,1H3/b9-3-. The van der Waals surface area contributed by atoms with Crippen molar-refractivity contribution in [2.75, 3.05) is 4.90 Å². The molecule has 0 bridgehead atoms. The van der Waals surface area contributed by atoms with E-state index in [9.17, 15) is 0 Å². The van der Waals surface area contributed by atoms with Crippen molar-refractivity contribution in [3.63, 3.8) is 0 Å². The van der Waals surface area contributed by atoms with Crippen LogP contribution < -0.4 is 10.6 Å². The van der Waals surface area contributed by atoms with Crippen molar-refractivity contribution < 1.29 is 0 Å². The Labute approximate surface area is 85.3 Å². The summed E-state index contributed by atoms with van der Waals surface area (Å²) in [6, 6.07) is 8.04. The monoisotopic (exact) mass is 188 g/mol. The average molecular weight is 188 g/mol. The molecule has 2 heteroatoms. The maximum atomic E-state index is 5.65. The summed E-state index contributed by atoms with van der Waals surface area (Å²) in [7, 11) is 0. The van der Waals surface area contributed by atoms with Crippen LogP contribution in [0.5, 0.6) is 0 Å². The number of anilines is 1. The van der Waals surface area contributed by atoms with Crippen molar-refractivity contribution in [3.8, 4) is 0 Å². The summed E-state index contributed by atoms with van der Waals surface area (Å²) in [4.78, 5) is 1.96. The number of rotatable bonds is 4. The maximum Gasteiger partial charge on any atom is 0.0493 e. The number of hydrogen-bond donors (Lipinski definition) is 1. The zero-order valence-electron chi connectivity index (χ0n) is 8.48. The average Bonchev–Trinajstić information content (AvgIpc) is 2.26. The van der Waals surface area contributed by atoms with Crippen molar-refractivity contribution in [3.05, 3.63) is 54.9 Å². The summed E-state index contributed by atoms with van der Waals surface area (Å²) in [5.74, 6) is 0. The van der Waals surface area contributed by atoms with Crippen LogP contribution in [0.1, 0.15) is 12.5 Å². The van der Waals surface area contributed by atoms with E-state index in [1.807, 2.05) is 48.4 Å². The molecule has 0 aromatic heterocycles. The molecule has 0 saturated carbocycles. The predicted molar refractivity (Wildman–Crippen MR) is 61.8 cm³/mol. The van der Waals surface area contributed by atoms with Crippen molar-refractivity contribution in [2.45, 2.75) is 13.5 Å². The maximum absolute atomic E-state index is 5.65. The highest BCUT2D eigenvalue weighted by molar-refractivity contribution is 5.57. The summed E-state index contributed by atoms with van der Waals surface area (Å²) in [5, 5.41) is 0. The third kappa shape index (κ3) is 2.24. The van der Waals surface area contributed by atoms with Crippen LogP contribution in [0, 0.1) is 0 Å². The molecule has 74 valence electrons. The Morgan fingerprint density at radius 2 is 2.14 bits per heavy atom. The first-order valence-electron chi connectivity index (χ1n) is 4.65. The molecule has 1 aromatic carbocycles. The molecule has 0 unspecified atom stereocenters. The zero-order chi connectivity index (χ0) is 10.4. The topological polar surface area (TPSA) is 29.3 Å². The fraction of sp³-hybridized carbons (Fsp3) is 0.167. The summed E-state index contributed by atoms with van der Waals surface area (Å²) < 4.78 is 0. The van der Waals surface area contributed by atoms with Crippen LogP contribution >= 0.6 is 0 Å². The molecule has 14 heavy (non-hydrogen) atoms. The van der Waals surface area contributed by atoms with E-state index in [2.05, 4.69) is 6.58 Å². The molecule has 0 aliphatic heterocycles. The fourth-order valence-electron chi connectivity index (χ4n) is 1.34. The van der Waals surface area contributed by atoms with Crippen LogP contribution in [0.2, 0.25) is 0 Å². The van der Waals surface area contributed by atoms with Gasteiger partial charge in [0, 0.05) is 24.6 Å². The van der Waals surface area contributed by atoms with Gasteiger partial charge in [0.15, 0.2) is 0 Å². The number of allylic oxidation sites excluding steroid dienone is 1. The number of hydrogen-bond acceptors (Lipinski definition) is 2. The second-order valence-electron chi connectivity index (χ2n) is 2.91. The van der Waals surface area contributed by atoms with Gasteiger partial charge in [-0.3, -0.25) is 0 Å². The summed E-state index contributed by atoms with van der Waals surface area (Å²) >= 11 is 0. The normalized spacial score (nSPS) is 10.4. The van der Waals surface area contributed by atoms with Crippen molar-refractivity contribution in [1.82, 2.24) is 0 Å². The van der Waals surface area contributed by atoms with Gasteiger partial charge in [0.2, 0.25) is 0 Å². The highest BCUT2D eigenvalue weighted by Gasteiger charge is 2.03.